The highest BCUT2D eigenvalue weighted by Crippen LogP contribution is 2.35. The minimum atomic E-state index is -0.360. The van der Waals surface area contributed by atoms with Crippen molar-refractivity contribution < 1.29 is 14.4 Å². The van der Waals surface area contributed by atoms with Crippen LogP contribution in [0.5, 0.6) is 0 Å². The molecule has 1 N–H and O–H groups in total. The standard InChI is InChI=1S/C16H28N4O3/c1-5-18-9-16(8-13(18)21)10-19(14(22)12(2)3)6-7-20(11-16)15(23)17-4/h12H,5-11H2,1-4H3,(H,17,23)/t16-/m0/s1. The first kappa shape index (κ1) is 17.6. The van der Waals surface area contributed by atoms with Gasteiger partial charge in [0.05, 0.1) is 0 Å². The van der Waals surface area contributed by atoms with Crippen LogP contribution in [0, 0.1) is 11.3 Å². The van der Waals surface area contributed by atoms with E-state index in [2.05, 4.69) is 5.32 Å². The minimum absolute atomic E-state index is 0.0852. The zero-order valence-corrected chi connectivity index (χ0v) is 14.6. The summed E-state index contributed by atoms with van der Waals surface area (Å²) >= 11 is 0. The molecule has 1 spiro atoms. The van der Waals surface area contributed by atoms with Crippen molar-refractivity contribution in [3.8, 4) is 0 Å². The van der Waals surface area contributed by atoms with Crippen LogP contribution in [0.25, 0.3) is 0 Å². The summed E-state index contributed by atoms with van der Waals surface area (Å²) in [6, 6.07) is -0.148. The second kappa shape index (κ2) is 6.76. The van der Waals surface area contributed by atoms with Gasteiger partial charge in [-0.15, -0.1) is 0 Å². The van der Waals surface area contributed by atoms with Gasteiger partial charge in [0.15, 0.2) is 0 Å². The topological polar surface area (TPSA) is 73.0 Å². The fraction of sp³-hybridized carbons (Fsp3) is 0.812. The third-order valence-corrected chi connectivity index (χ3v) is 4.79. The molecule has 1 atom stereocenters. The second-order valence-electron chi connectivity index (χ2n) is 6.98. The molecule has 7 nitrogen and oxygen atoms in total. The van der Waals surface area contributed by atoms with Gasteiger partial charge >= 0.3 is 6.03 Å². The molecule has 0 saturated carbocycles. The number of nitrogens with zero attached hydrogens (tertiary/aromatic N) is 3. The lowest BCUT2D eigenvalue weighted by Gasteiger charge is -2.34. The van der Waals surface area contributed by atoms with E-state index in [0.717, 1.165) is 0 Å². The quantitative estimate of drug-likeness (QED) is 0.797. The van der Waals surface area contributed by atoms with E-state index in [1.54, 1.807) is 11.9 Å². The molecule has 23 heavy (non-hydrogen) atoms. The van der Waals surface area contributed by atoms with Gasteiger partial charge in [0.2, 0.25) is 11.8 Å². The van der Waals surface area contributed by atoms with Crippen molar-refractivity contribution in [1.29, 1.82) is 0 Å². The SMILES string of the molecule is CCN1C[C@]2(CC1=O)CN(C(=O)NC)CCN(C(=O)C(C)C)C2. The highest BCUT2D eigenvalue weighted by atomic mass is 16.2. The van der Waals surface area contributed by atoms with Crippen molar-refractivity contribution >= 4 is 17.8 Å². The maximum Gasteiger partial charge on any atom is 0.317 e. The zero-order chi connectivity index (χ0) is 17.2. The predicted octanol–water partition coefficient (Wildman–Crippen LogP) is 0.365. The third-order valence-electron chi connectivity index (χ3n) is 4.79. The molecule has 0 aromatic rings. The number of nitrogens with one attached hydrogen (secondary N) is 1. The molecule has 0 aliphatic carbocycles. The van der Waals surface area contributed by atoms with Gasteiger partial charge in [0, 0.05) is 64.1 Å². The summed E-state index contributed by atoms with van der Waals surface area (Å²) in [5, 5.41) is 2.66. The van der Waals surface area contributed by atoms with Crippen LogP contribution in [0.4, 0.5) is 4.79 Å². The fourth-order valence-electron chi connectivity index (χ4n) is 3.63. The highest BCUT2D eigenvalue weighted by Gasteiger charge is 2.47. The third kappa shape index (κ3) is 3.59. The summed E-state index contributed by atoms with van der Waals surface area (Å²) in [7, 11) is 1.61. The molecule has 0 bridgehead atoms. The monoisotopic (exact) mass is 324 g/mol. The lowest BCUT2D eigenvalue weighted by molar-refractivity contribution is -0.135. The fourth-order valence-corrected chi connectivity index (χ4v) is 3.63. The second-order valence-corrected chi connectivity index (χ2v) is 6.98. The Labute approximate surface area is 138 Å². The normalized spacial score (nSPS) is 25.3. The Kier molecular flexibility index (Phi) is 5.16. The van der Waals surface area contributed by atoms with Crippen molar-refractivity contribution in [3.05, 3.63) is 0 Å². The first-order chi connectivity index (χ1) is 10.8. The van der Waals surface area contributed by atoms with Gasteiger partial charge in [0.25, 0.3) is 0 Å². The van der Waals surface area contributed by atoms with Gasteiger partial charge in [0.1, 0.15) is 0 Å². The largest absolute Gasteiger partial charge is 0.342 e. The minimum Gasteiger partial charge on any atom is -0.342 e. The van der Waals surface area contributed by atoms with Gasteiger partial charge in [-0.3, -0.25) is 9.59 Å². The van der Waals surface area contributed by atoms with Crippen molar-refractivity contribution in [2.75, 3.05) is 46.3 Å². The first-order valence-electron chi connectivity index (χ1n) is 8.35. The number of likely N-dealkylation sites (tertiary alicyclic amines) is 1. The molecule has 2 aliphatic rings. The summed E-state index contributed by atoms with van der Waals surface area (Å²) in [6.45, 7) is 9.07. The van der Waals surface area contributed by atoms with E-state index in [1.807, 2.05) is 30.6 Å². The molecule has 7 heteroatoms. The number of rotatable bonds is 2. The summed E-state index contributed by atoms with van der Waals surface area (Å²) in [4.78, 5) is 42.2. The number of carbonyl (C=O) groups is 3. The Bertz CT molecular complexity index is 494. The molecule has 4 amide bonds. The van der Waals surface area contributed by atoms with Gasteiger partial charge in [-0.05, 0) is 6.92 Å². The lowest BCUT2D eigenvalue weighted by Crippen LogP contribution is -2.47. The summed E-state index contributed by atoms with van der Waals surface area (Å²) in [5.41, 5.74) is -0.360. The Morgan fingerprint density at radius 1 is 1.17 bits per heavy atom. The van der Waals surface area contributed by atoms with Crippen LogP contribution >= 0.6 is 0 Å². The average Bonchev–Trinajstić information content (AvgIpc) is 2.71. The first-order valence-corrected chi connectivity index (χ1v) is 8.35. The van der Waals surface area contributed by atoms with Crippen LogP contribution in [0.1, 0.15) is 27.2 Å². The smallest absolute Gasteiger partial charge is 0.317 e. The Morgan fingerprint density at radius 2 is 1.78 bits per heavy atom. The van der Waals surface area contributed by atoms with Crippen LogP contribution < -0.4 is 5.32 Å². The van der Waals surface area contributed by atoms with Crippen LogP contribution in [0.3, 0.4) is 0 Å². The van der Waals surface area contributed by atoms with Crippen molar-refractivity contribution in [2.24, 2.45) is 11.3 Å². The number of amides is 4. The molecule has 0 radical (unpaired) electrons. The maximum absolute atomic E-state index is 12.5. The lowest BCUT2D eigenvalue weighted by atomic mass is 9.85. The Hall–Kier alpha value is -1.79. The van der Waals surface area contributed by atoms with Gasteiger partial charge < -0.3 is 20.0 Å². The molecule has 2 saturated heterocycles. The summed E-state index contributed by atoms with van der Waals surface area (Å²) < 4.78 is 0. The van der Waals surface area contributed by atoms with E-state index in [-0.39, 0.29) is 29.2 Å². The summed E-state index contributed by atoms with van der Waals surface area (Å²) in [5.74, 6) is 0.117. The highest BCUT2D eigenvalue weighted by molar-refractivity contribution is 5.81. The molecule has 2 fully saturated rings. The van der Waals surface area contributed by atoms with Crippen LogP contribution in [0.15, 0.2) is 0 Å². The molecule has 130 valence electrons. The Morgan fingerprint density at radius 3 is 2.30 bits per heavy atom. The predicted molar refractivity (Wildman–Crippen MR) is 86.8 cm³/mol. The molecular weight excluding hydrogens is 296 g/mol. The van der Waals surface area contributed by atoms with E-state index in [9.17, 15) is 14.4 Å². The molecule has 0 unspecified atom stereocenters. The van der Waals surface area contributed by atoms with E-state index < -0.39 is 0 Å². The molecule has 2 heterocycles. The van der Waals surface area contributed by atoms with E-state index in [1.165, 1.54) is 0 Å². The average molecular weight is 324 g/mol. The van der Waals surface area contributed by atoms with E-state index in [0.29, 0.717) is 45.7 Å². The van der Waals surface area contributed by atoms with Crippen LogP contribution in [0.2, 0.25) is 0 Å². The van der Waals surface area contributed by atoms with Gasteiger partial charge in [-0.1, -0.05) is 13.8 Å². The van der Waals surface area contributed by atoms with Gasteiger partial charge in [-0.2, -0.15) is 0 Å². The van der Waals surface area contributed by atoms with Crippen LogP contribution in [-0.2, 0) is 9.59 Å². The molecule has 2 aliphatic heterocycles. The number of urea groups is 1. The van der Waals surface area contributed by atoms with Crippen molar-refractivity contribution in [2.45, 2.75) is 27.2 Å². The van der Waals surface area contributed by atoms with E-state index in [4.69, 9.17) is 0 Å². The molecule has 0 aromatic heterocycles. The van der Waals surface area contributed by atoms with Gasteiger partial charge in [-0.25, -0.2) is 4.79 Å². The Balaban J connectivity index is 2.27. The molecular formula is C16H28N4O3. The molecule has 2 rings (SSSR count). The van der Waals surface area contributed by atoms with E-state index >= 15 is 0 Å². The maximum atomic E-state index is 12.5. The zero-order valence-electron chi connectivity index (χ0n) is 14.6. The van der Waals surface area contributed by atoms with Crippen LogP contribution in [-0.4, -0.2) is 78.9 Å². The summed E-state index contributed by atoms with van der Waals surface area (Å²) in [6.07, 6.45) is 0.399. The van der Waals surface area contributed by atoms with Crippen molar-refractivity contribution in [3.63, 3.8) is 0 Å². The number of carbonyl (C=O) groups excluding carboxylic acids is 3. The molecule has 0 aromatic carbocycles. The van der Waals surface area contributed by atoms with Crippen molar-refractivity contribution in [1.82, 2.24) is 20.0 Å². The number of hydrogen-bond donors (Lipinski definition) is 1. The number of hydrogen-bond acceptors (Lipinski definition) is 3.